The highest BCUT2D eigenvalue weighted by molar-refractivity contribution is 6.23. The molecule has 3 aromatic rings. The summed E-state index contributed by atoms with van der Waals surface area (Å²) in [4.78, 5) is 45.9. The number of nitrogens with one attached hydrogen (secondary N) is 2. The van der Waals surface area contributed by atoms with Crippen molar-refractivity contribution in [3.05, 3.63) is 76.2 Å². The second-order valence-corrected chi connectivity index (χ2v) is 12.3. The molecule has 0 radical (unpaired) electrons. The number of ketones is 2. The Morgan fingerprint density at radius 3 is 2.41 bits per heavy atom. The molecule has 0 bridgehead atoms. The number of aromatic amines is 1. The van der Waals surface area contributed by atoms with Crippen molar-refractivity contribution in [3.8, 4) is 17.0 Å². The molecule has 9 N–H and O–H groups in total. The van der Waals surface area contributed by atoms with Crippen LogP contribution in [0.5, 0.6) is 5.75 Å². The van der Waals surface area contributed by atoms with Crippen LogP contribution in [0.1, 0.15) is 68.6 Å². The van der Waals surface area contributed by atoms with Crippen LogP contribution in [0.3, 0.4) is 0 Å². The lowest BCUT2D eigenvalue weighted by atomic mass is 9.55. The van der Waals surface area contributed by atoms with Crippen LogP contribution in [-0.2, 0) is 14.4 Å². The summed E-state index contributed by atoms with van der Waals surface area (Å²) in [5.74, 6) is -8.34. The van der Waals surface area contributed by atoms with Gasteiger partial charge in [-0.1, -0.05) is 51.1 Å². The minimum absolute atomic E-state index is 0.111. The lowest BCUT2D eigenvalue weighted by molar-refractivity contribution is -0.160. The topological polar surface area (TPSA) is 219 Å². The normalized spacial score (nSPS) is 25.8. The number of H-pyrrole nitrogens is 1. The number of primary amides is 1. The van der Waals surface area contributed by atoms with E-state index in [9.17, 15) is 39.9 Å². The van der Waals surface area contributed by atoms with Crippen molar-refractivity contribution < 1.29 is 39.9 Å². The number of aliphatic hydroxyl groups excluding tert-OH is 3. The number of fused-ring (bicyclic) bond motifs is 3. The molecular weight excluding hydrogens is 592 g/mol. The Hall–Kier alpha value is -4.94. The maximum absolute atomic E-state index is 13.9. The average Bonchev–Trinajstić information content (AvgIpc) is 3.49. The minimum atomic E-state index is -2.89. The van der Waals surface area contributed by atoms with E-state index in [1.807, 2.05) is 12.1 Å². The van der Waals surface area contributed by atoms with Gasteiger partial charge in [0.15, 0.2) is 11.4 Å². The van der Waals surface area contributed by atoms with E-state index in [2.05, 4.69) is 41.3 Å². The maximum atomic E-state index is 13.9. The predicted octanol–water partition coefficient (Wildman–Crippen LogP) is 3.99. The van der Waals surface area contributed by atoms with Crippen LogP contribution < -0.4 is 11.1 Å². The number of carbonyl (C=O) groups excluding carboxylic acids is 3. The lowest BCUT2D eigenvalue weighted by Gasteiger charge is -2.50. The van der Waals surface area contributed by atoms with Gasteiger partial charge in [0.05, 0.1) is 29.2 Å². The molecule has 240 valence electrons. The molecule has 0 aliphatic heterocycles. The molecule has 46 heavy (non-hydrogen) atoms. The second-order valence-electron chi connectivity index (χ2n) is 12.3. The van der Waals surface area contributed by atoms with Gasteiger partial charge in [0, 0.05) is 23.8 Å². The molecular formula is C34H36N4O8. The monoisotopic (exact) mass is 628 g/mol. The molecule has 5 atom stereocenters. The predicted molar refractivity (Wildman–Crippen MR) is 168 cm³/mol. The standard InChI is InChI=1S/C34H36N4O8/c1-4-15(5-2)16-6-8-17(9-7-16)21-13-36-33(38-21)37-20-11-10-18-14(3)23-26(29(42)24(18)28(20)41)31(44)34(46)19(27(23)40)12-22(39)25(30(34)43)32(35)45/h6-11,13-15,19,23,27,40-43,46H,4-5,12H2,1-3H3,(H2,35,45)(H2,36,37,38)/t14-,19+,23+,27+,34+/m0/s1. The molecule has 1 heterocycles. The summed E-state index contributed by atoms with van der Waals surface area (Å²) in [6.07, 6.45) is 1.53. The SMILES string of the molecule is CCC(CC)c1ccc(-c2cnc(Nc3ccc4c(c3O)C(O)=C3C(=O)[C@]5(O)C(O)=C(C(N)=O)C(=O)C[C@@H]5[C@@H](O)[C@@H]3[C@H]4C)[nH]2)cc1. The number of imidazole rings is 1. The summed E-state index contributed by atoms with van der Waals surface area (Å²) in [5.41, 5.74) is 4.32. The molecule has 1 amide bonds. The summed E-state index contributed by atoms with van der Waals surface area (Å²) in [5, 5.41) is 59.5. The number of carbonyl (C=O) groups is 3. The maximum Gasteiger partial charge on any atom is 0.255 e. The first-order valence-corrected chi connectivity index (χ1v) is 15.3. The van der Waals surface area contributed by atoms with Gasteiger partial charge < -0.3 is 41.6 Å². The number of aromatic nitrogens is 2. The summed E-state index contributed by atoms with van der Waals surface area (Å²) < 4.78 is 0. The molecule has 12 heteroatoms. The van der Waals surface area contributed by atoms with Gasteiger partial charge in [-0.05, 0) is 47.4 Å². The number of Topliss-reactive ketones (excluding diaryl/α,β-unsaturated/α-hetero) is 2. The molecule has 3 aliphatic rings. The van der Waals surface area contributed by atoms with Gasteiger partial charge in [-0.15, -0.1) is 0 Å². The van der Waals surface area contributed by atoms with Crippen molar-refractivity contribution in [2.45, 2.75) is 63.6 Å². The Morgan fingerprint density at radius 2 is 1.78 bits per heavy atom. The van der Waals surface area contributed by atoms with Crippen molar-refractivity contribution in [2.24, 2.45) is 17.6 Å². The number of phenols is 1. The smallest absolute Gasteiger partial charge is 0.255 e. The Kier molecular flexibility index (Phi) is 7.52. The summed E-state index contributed by atoms with van der Waals surface area (Å²) in [7, 11) is 0. The fraction of sp³-hybridized carbons (Fsp3) is 0.353. The molecule has 6 rings (SSSR count). The van der Waals surface area contributed by atoms with Crippen LogP contribution in [0.25, 0.3) is 17.0 Å². The fourth-order valence-corrected chi connectivity index (χ4v) is 7.45. The molecule has 1 aromatic heterocycles. The second kappa shape index (κ2) is 11.1. The molecule has 0 unspecified atom stereocenters. The minimum Gasteiger partial charge on any atom is -0.508 e. The number of aromatic hydroxyl groups is 1. The first kappa shape index (κ1) is 31.1. The van der Waals surface area contributed by atoms with Gasteiger partial charge in [0.1, 0.15) is 22.8 Å². The molecule has 1 saturated carbocycles. The van der Waals surface area contributed by atoms with E-state index in [0.29, 0.717) is 17.4 Å². The highest BCUT2D eigenvalue weighted by Crippen LogP contribution is 2.56. The van der Waals surface area contributed by atoms with E-state index < -0.39 is 81.8 Å². The number of nitrogens with two attached hydrogens (primary N) is 1. The number of hydrogen-bond acceptors (Lipinski definition) is 10. The third kappa shape index (κ3) is 4.43. The fourth-order valence-electron chi connectivity index (χ4n) is 7.45. The van der Waals surface area contributed by atoms with Crippen molar-refractivity contribution >= 4 is 34.9 Å². The first-order valence-electron chi connectivity index (χ1n) is 15.3. The van der Waals surface area contributed by atoms with Gasteiger partial charge >= 0.3 is 0 Å². The highest BCUT2D eigenvalue weighted by atomic mass is 16.4. The summed E-state index contributed by atoms with van der Waals surface area (Å²) >= 11 is 0. The van der Waals surface area contributed by atoms with Gasteiger partial charge in [-0.3, -0.25) is 14.4 Å². The third-order valence-corrected chi connectivity index (χ3v) is 10.0. The number of aliphatic hydroxyl groups is 4. The van der Waals surface area contributed by atoms with Crippen molar-refractivity contribution in [3.63, 3.8) is 0 Å². The van der Waals surface area contributed by atoms with E-state index in [1.54, 1.807) is 25.3 Å². The van der Waals surface area contributed by atoms with Crippen LogP contribution in [0, 0.1) is 11.8 Å². The van der Waals surface area contributed by atoms with Crippen LogP contribution in [0.2, 0.25) is 0 Å². The number of amides is 1. The summed E-state index contributed by atoms with van der Waals surface area (Å²) in [6, 6.07) is 11.4. The quantitative estimate of drug-likeness (QED) is 0.139. The van der Waals surface area contributed by atoms with Crippen LogP contribution in [-0.4, -0.2) is 64.7 Å². The number of anilines is 2. The van der Waals surface area contributed by atoms with Crippen LogP contribution >= 0.6 is 0 Å². The number of nitrogens with zero attached hydrogens (tertiary/aromatic N) is 1. The van der Waals surface area contributed by atoms with Crippen molar-refractivity contribution in [2.75, 3.05) is 5.32 Å². The number of phenolic OH excluding ortho intramolecular Hbond substituents is 1. The third-order valence-electron chi connectivity index (χ3n) is 10.0. The van der Waals surface area contributed by atoms with Crippen molar-refractivity contribution in [1.82, 2.24) is 9.97 Å². The van der Waals surface area contributed by atoms with E-state index in [1.165, 1.54) is 5.56 Å². The highest BCUT2D eigenvalue weighted by Gasteiger charge is 2.64. The molecule has 2 aromatic carbocycles. The number of rotatable bonds is 7. The zero-order valence-corrected chi connectivity index (χ0v) is 25.5. The number of benzene rings is 2. The molecule has 12 nitrogen and oxygen atoms in total. The Bertz CT molecular complexity index is 1840. The zero-order chi connectivity index (χ0) is 33.2. The first-order chi connectivity index (χ1) is 21.8. The molecule has 3 aliphatic carbocycles. The Morgan fingerprint density at radius 1 is 1.11 bits per heavy atom. The van der Waals surface area contributed by atoms with Gasteiger partial charge in [0.2, 0.25) is 11.7 Å². The van der Waals surface area contributed by atoms with Gasteiger partial charge in [0.25, 0.3) is 5.91 Å². The van der Waals surface area contributed by atoms with Crippen molar-refractivity contribution in [1.29, 1.82) is 0 Å². The molecule has 0 spiro atoms. The number of hydrogen-bond donors (Lipinski definition) is 8. The van der Waals surface area contributed by atoms with Gasteiger partial charge in [-0.25, -0.2) is 4.98 Å². The van der Waals surface area contributed by atoms with Crippen LogP contribution in [0.15, 0.2) is 59.5 Å². The molecule has 0 saturated heterocycles. The van der Waals surface area contributed by atoms with Gasteiger partial charge in [-0.2, -0.15) is 0 Å². The van der Waals surface area contributed by atoms with Crippen LogP contribution in [0.4, 0.5) is 11.6 Å². The Balaban J connectivity index is 1.36. The van der Waals surface area contributed by atoms with E-state index in [-0.39, 0.29) is 11.3 Å². The molecule has 1 fully saturated rings. The summed E-state index contributed by atoms with van der Waals surface area (Å²) in [6.45, 7) is 6.00. The van der Waals surface area contributed by atoms with E-state index >= 15 is 0 Å². The lowest BCUT2D eigenvalue weighted by Crippen LogP contribution is -2.63. The average molecular weight is 629 g/mol. The Labute approximate surface area is 264 Å². The zero-order valence-electron chi connectivity index (χ0n) is 25.5. The van der Waals surface area contributed by atoms with E-state index in [0.717, 1.165) is 24.1 Å². The largest absolute Gasteiger partial charge is 0.508 e. The van der Waals surface area contributed by atoms with E-state index in [4.69, 9.17) is 5.73 Å².